The average Bonchev–Trinajstić information content (AvgIpc) is 3.18. The van der Waals surface area contributed by atoms with Crippen molar-refractivity contribution >= 4 is 17.4 Å². The molecule has 1 aromatic heterocycles. The number of hydrogen-bond acceptors (Lipinski definition) is 8. The molecule has 4 aliphatic rings. The van der Waals surface area contributed by atoms with E-state index in [-0.39, 0.29) is 35.7 Å². The predicted molar refractivity (Wildman–Crippen MR) is 140 cm³/mol. The minimum atomic E-state index is -1.58. The molecule has 1 heterocycles. The minimum absolute atomic E-state index is 0.0357. The molecule has 9 heteroatoms. The first-order chi connectivity index (χ1) is 18.1. The molecule has 3 fully saturated rings. The molecule has 0 bridgehead atoms. The Morgan fingerprint density at radius 2 is 1.95 bits per heavy atom. The van der Waals surface area contributed by atoms with Crippen molar-refractivity contribution in [2.75, 3.05) is 13.2 Å². The number of ketones is 1. The number of pyridine rings is 1. The normalized spacial score (nSPS) is 39.0. The maximum atomic E-state index is 12.6. The van der Waals surface area contributed by atoms with Crippen molar-refractivity contribution in [1.29, 1.82) is 0 Å². The zero-order valence-corrected chi connectivity index (χ0v) is 22.2. The van der Waals surface area contributed by atoms with Crippen LogP contribution in [0.2, 0.25) is 0 Å². The summed E-state index contributed by atoms with van der Waals surface area (Å²) in [6.07, 6.45) is 9.44. The van der Waals surface area contributed by atoms with Crippen LogP contribution < -0.4 is 5.32 Å². The van der Waals surface area contributed by atoms with E-state index >= 15 is 0 Å². The molecule has 1 aromatic rings. The highest BCUT2D eigenvalue weighted by molar-refractivity contribution is 5.96. The molecule has 5 rings (SSSR count). The van der Waals surface area contributed by atoms with Crippen LogP contribution in [0.3, 0.4) is 0 Å². The zero-order chi connectivity index (χ0) is 27.1. The number of carbonyl (C=O) groups excluding carboxylic acids is 2. The van der Waals surface area contributed by atoms with Crippen LogP contribution in [0.4, 0.5) is 0 Å². The van der Waals surface area contributed by atoms with Gasteiger partial charge in [-0.05, 0) is 91.9 Å². The van der Waals surface area contributed by atoms with Gasteiger partial charge in [0.2, 0.25) is 0 Å². The van der Waals surface area contributed by atoms with Crippen molar-refractivity contribution < 1.29 is 29.7 Å². The molecular weight excluding hydrogens is 486 g/mol. The Morgan fingerprint density at radius 1 is 1.18 bits per heavy atom. The number of Topliss-reactive ketones (excluding diaryl/α,β-unsaturated/α-hetero) is 1. The van der Waals surface area contributed by atoms with E-state index in [2.05, 4.69) is 28.5 Å². The number of fused-ring (bicyclic) bond motifs is 5. The summed E-state index contributed by atoms with van der Waals surface area (Å²) < 4.78 is 0. The van der Waals surface area contributed by atoms with Crippen molar-refractivity contribution in [3.63, 3.8) is 0 Å². The van der Waals surface area contributed by atoms with Crippen LogP contribution in [-0.2, 0) is 21.0 Å². The van der Waals surface area contributed by atoms with Crippen LogP contribution >= 0.6 is 0 Å². The maximum Gasteiger partial charge on any atom is 0.261 e. The predicted octanol–water partition coefficient (Wildman–Crippen LogP) is 2.30. The Balaban J connectivity index is 1.25. The quantitative estimate of drug-likeness (QED) is 0.400. The summed E-state index contributed by atoms with van der Waals surface area (Å²) in [5.74, 6) is -0.414. The van der Waals surface area contributed by atoms with Crippen LogP contribution in [-0.4, -0.2) is 62.6 Å². The van der Waals surface area contributed by atoms with Crippen LogP contribution in [0.1, 0.15) is 64.4 Å². The van der Waals surface area contributed by atoms with E-state index in [0.717, 1.165) is 37.0 Å². The van der Waals surface area contributed by atoms with Gasteiger partial charge in [0.15, 0.2) is 12.4 Å². The molecule has 7 atom stereocenters. The van der Waals surface area contributed by atoms with Gasteiger partial charge < -0.3 is 25.5 Å². The monoisotopic (exact) mass is 525 g/mol. The second-order valence-electron chi connectivity index (χ2n) is 12.1. The first-order valence-electron chi connectivity index (χ1n) is 13.7. The van der Waals surface area contributed by atoms with Crippen LogP contribution in [0.25, 0.3) is 0 Å². The largest absolute Gasteiger partial charge is 0.393 e. The number of nitrogens with one attached hydrogen (secondary N) is 1. The molecule has 3 saturated carbocycles. The molecule has 1 amide bonds. The molecule has 0 aliphatic heterocycles. The van der Waals surface area contributed by atoms with Crippen molar-refractivity contribution in [2.24, 2.45) is 33.7 Å². The van der Waals surface area contributed by atoms with Crippen LogP contribution in [0, 0.1) is 28.6 Å². The number of rotatable bonds is 7. The van der Waals surface area contributed by atoms with Crippen molar-refractivity contribution in [1.82, 2.24) is 10.3 Å². The minimum Gasteiger partial charge on any atom is -0.393 e. The van der Waals surface area contributed by atoms with E-state index in [1.807, 2.05) is 19.1 Å². The second-order valence-corrected chi connectivity index (χ2v) is 12.1. The maximum absolute atomic E-state index is 12.6. The highest BCUT2D eigenvalue weighted by atomic mass is 16.6. The third kappa shape index (κ3) is 4.38. The Bertz CT molecular complexity index is 1140. The van der Waals surface area contributed by atoms with Crippen LogP contribution in [0.15, 0.2) is 41.3 Å². The SMILES string of the molecule is C[C@]12CC/C(=N\OCC(=O)NCc3ccncc3)C=C1CC[C@@H]1[C@H]2[C@@H](O)C[C@@]2(C)[C@@H]1CC[C@]2(O)C(=O)CO. The molecule has 0 unspecified atom stereocenters. The Kier molecular flexibility index (Phi) is 7.22. The molecule has 38 heavy (non-hydrogen) atoms. The molecular formula is C29H39N3O6. The number of hydrogen-bond donors (Lipinski definition) is 4. The number of oxime groups is 1. The smallest absolute Gasteiger partial charge is 0.261 e. The van der Waals surface area contributed by atoms with Crippen LogP contribution in [0.5, 0.6) is 0 Å². The van der Waals surface area contributed by atoms with E-state index < -0.39 is 29.5 Å². The van der Waals surface area contributed by atoms with E-state index in [1.165, 1.54) is 5.57 Å². The van der Waals surface area contributed by atoms with Gasteiger partial charge in [0.1, 0.15) is 12.2 Å². The molecule has 9 nitrogen and oxygen atoms in total. The molecule has 206 valence electrons. The Hall–Kier alpha value is -2.62. The Labute approximate surface area is 223 Å². The average molecular weight is 526 g/mol. The van der Waals surface area contributed by atoms with Gasteiger partial charge in [0.25, 0.3) is 5.91 Å². The van der Waals surface area contributed by atoms with Gasteiger partial charge in [0.05, 0.1) is 11.8 Å². The van der Waals surface area contributed by atoms with Gasteiger partial charge in [-0.3, -0.25) is 14.6 Å². The number of allylic oxidation sites excluding steroid dienone is 2. The lowest BCUT2D eigenvalue weighted by atomic mass is 9.45. The van der Waals surface area contributed by atoms with E-state index in [1.54, 1.807) is 12.4 Å². The lowest BCUT2D eigenvalue weighted by molar-refractivity contribution is -0.181. The van der Waals surface area contributed by atoms with Gasteiger partial charge in [0, 0.05) is 24.4 Å². The third-order valence-corrected chi connectivity index (χ3v) is 10.3. The lowest BCUT2D eigenvalue weighted by Gasteiger charge is -2.60. The molecule has 0 saturated heterocycles. The van der Waals surface area contributed by atoms with Crippen molar-refractivity contribution in [3.05, 3.63) is 41.7 Å². The highest BCUT2D eigenvalue weighted by Crippen LogP contribution is 2.67. The molecule has 0 spiro atoms. The standard InChI is InChI=1S/C29H39N3O6/c1-27-9-5-20(32-38-17-25(36)31-15-18-7-11-30-12-8-18)13-19(27)3-4-21-22-6-10-29(37,24(35)16-33)28(22,2)14-23(34)26(21)27/h7-8,11-13,21-23,26,33-34,37H,3-6,9-10,14-17H2,1-2H3,(H,31,36)/b32-20+/t21-,22+,23-,26-,27-,28-,29-/m0/s1. The van der Waals surface area contributed by atoms with Gasteiger partial charge >= 0.3 is 0 Å². The van der Waals surface area contributed by atoms with Gasteiger partial charge in [-0.25, -0.2) is 0 Å². The number of aromatic nitrogens is 1. The number of amides is 1. The molecule has 0 radical (unpaired) electrons. The van der Waals surface area contributed by atoms with Crippen molar-refractivity contribution in [3.8, 4) is 0 Å². The molecule has 4 aliphatic carbocycles. The van der Waals surface area contributed by atoms with Gasteiger partial charge in [-0.15, -0.1) is 0 Å². The summed E-state index contributed by atoms with van der Waals surface area (Å²) >= 11 is 0. The second kappa shape index (κ2) is 10.2. The first kappa shape index (κ1) is 27.0. The van der Waals surface area contributed by atoms with E-state index in [9.17, 15) is 24.9 Å². The third-order valence-electron chi connectivity index (χ3n) is 10.3. The summed E-state index contributed by atoms with van der Waals surface area (Å²) in [5.41, 5.74) is 0.487. The lowest BCUT2D eigenvalue weighted by Crippen LogP contribution is -2.62. The Morgan fingerprint density at radius 3 is 2.68 bits per heavy atom. The fraction of sp³-hybridized carbons (Fsp3) is 0.655. The van der Waals surface area contributed by atoms with Gasteiger partial charge in [-0.1, -0.05) is 24.6 Å². The topological polar surface area (TPSA) is 141 Å². The van der Waals surface area contributed by atoms with Crippen molar-refractivity contribution in [2.45, 2.75) is 77.0 Å². The summed E-state index contributed by atoms with van der Waals surface area (Å²) in [7, 11) is 0. The summed E-state index contributed by atoms with van der Waals surface area (Å²) in [4.78, 5) is 34.1. The highest BCUT2D eigenvalue weighted by Gasteiger charge is 2.68. The summed E-state index contributed by atoms with van der Waals surface area (Å²) in [6, 6.07) is 3.68. The van der Waals surface area contributed by atoms with E-state index in [0.29, 0.717) is 25.8 Å². The fourth-order valence-electron chi connectivity index (χ4n) is 8.29. The molecule has 4 N–H and O–H groups in total. The number of nitrogens with zero attached hydrogens (tertiary/aromatic N) is 2. The fourth-order valence-corrected chi connectivity index (χ4v) is 8.29. The zero-order valence-electron chi connectivity index (χ0n) is 22.2. The first-order valence-corrected chi connectivity index (χ1v) is 13.7. The van der Waals surface area contributed by atoms with E-state index in [4.69, 9.17) is 4.84 Å². The summed E-state index contributed by atoms with van der Waals surface area (Å²) in [5, 5.41) is 39.4. The number of carbonyl (C=O) groups is 2. The van der Waals surface area contributed by atoms with Gasteiger partial charge in [-0.2, -0.15) is 0 Å². The summed E-state index contributed by atoms with van der Waals surface area (Å²) in [6.45, 7) is 3.73. The molecule has 0 aromatic carbocycles. The number of aliphatic hydroxyl groups is 3. The number of aliphatic hydroxyl groups excluding tert-OH is 2.